The Hall–Kier alpha value is -2.14. The standard InChI is InChI=1S/C19H20N2O2S/c1-2-11-23-13-9-7-12(8-10-13)17-20-18(22)16-14-5-3-4-6-15(14)24-19(16)21-17/h7-10H,2-6,11H2,1H3,(H,20,21,22). The molecule has 4 rings (SSSR count). The molecule has 0 spiro atoms. The van der Waals surface area contributed by atoms with Gasteiger partial charge in [-0.1, -0.05) is 6.92 Å². The second-order valence-corrected chi connectivity index (χ2v) is 7.26. The van der Waals surface area contributed by atoms with Crippen LogP contribution in [0.15, 0.2) is 29.1 Å². The maximum Gasteiger partial charge on any atom is 0.260 e. The number of hydrogen-bond donors (Lipinski definition) is 1. The Morgan fingerprint density at radius 3 is 2.79 bits per heavy atom. The fraction of sp³-hybridized carbons (Fsp3) is 0.368. The molecule has 5 heteroatoms. The van der Waals surface area contributed by atoms with Crippen LogP contribution in [0.3, 0.4) is 0 Å². The number of fused-ring (bicyclic) bond motifs is 3. The van der Waals surface area contributed by atoms with Crippen LogP contribution in [0.4, 0.5) is 0 Å². The van der Waals surface area contributed by atoms with Crippen LogP contribution in [0.25, 0.3) is 21.6 Å². The Morgan fingerprint density at radius 1 is 1.21 bits per heavy atom. The van der Waals surface area contributed by atoms with E-state index in [9.17, 15) is 4.79 Å². The van der Waals surface area contributed by atoms with E-state index in [0.29, 0.717) is 12.4 Å². The number of nitrogens with one attached hydrogen (secondary N) is 1. The number of ether oxygens (including phenoxy) is 1. The van der Waals surface area contributed by atoms with E-state index in [-0.39, 0.29) is 5.56 Å². The highest BCUT2D eigenvalue weighted by atomic mass is 32.1. The second kappa shape index (κ2) is 6.40. The summed E-state index contributed by atoms with van der Waals surface area (Å²) >= 11 is 1.68. The minimum atomic E-state index is -0.0132. The van der Waals surface area contributed by atoms with Gasteiger partial charge >= 0.3 is 0 Å². The molecule has 3 aromatic rings. The maximum absolute atomic E-state index is 12.6. The molecular weight excluding hydrogens is 320 g/mol. The van der Waals surface area contributed by atoms with Crippen molar-refractivity contribution in [3.05, 3.63) is 45.1 Å². The van der Waals surface area contributed by atoms with Crippen LogP contribution in [-0.4, -0.2) is 16.6 Å². The average Bonchev–Trinajstić information content (AvgIpc) is 2.99. The largest absolute Gasteiger partial charge is 0.494 e. The highest BCUT2D eigenvalue weighted by molar-refractivity contribution is 7.18. The number of aromatic amines is 1. The Morgan fingerprint density at radius 2 is 2.00 bits per heavy atom. The van der Waals surface area contributed by atoms with E-state index < -0.39 is 0 Å². The predicted octanol–water partition coefficient (Wildman–Crippen LogP) is 4.32. The summed E-state index contributed by atoms with van der Waals surface area (Å²) in [5.74, 6) is 1.48. The molecule has 4 nitrogen and oxygen atoms in total. The summed E-state index contributed by atoms with van der Waals surface area (Å²) in [5, 5.41) is 0.807. The number of hydrogen-bond acceptors (Lipinski definition) is 4. The Bertz CT molecular complexity index is 925. The maximum atomic E-state index is 12.6. The minimum absolute atomic E-state index is 0.0132. The van der Waals surface area contributed by atoms with Crippen molar-refractivity contribution in [1.82, 2.24) is 9.97 Å². The van der Waals surface area contributed by atoms with Crippen molar-refractivity contribution >= 4 is 21.6 Å². The topological polar surface area (TPSA) is 55.0 Å². The van der Waals surface area contributed by atoms with E-state index in [2.05, 4.69) is 11.9 Å². The van der Waals surface area contributed by atoms with Gasteiger partial charge in [0.2, 0.25) is 0 Å². The lowest BCUT2D eigenvalue weighted by Gasteiger charge is -2.09. The molecule has 0 atom stereocenters. The molecule has 0 saturated heterocycles. The summed E-state index contributed by atoms with van der Waals surface area (Å²) in [5.41, 5.74) is 2.12. The molecule has 0 fully saturated rings. The molecule has 1 aliphatic rings. The molecule has 0 saturated carbocycles. The van der Waals surface area contributed by atoms with Crippen LogP contribution in [0.2, 0.25) is 0 Å². The number of benzene rings is 1. The van der Waals surface area contributed by atoms with Crippen LogP contribution >= 0.6 is 11.3 Å². The zero-order valence-corrected chi connectivity index (χ0v) is 14.5. The van der Waals surface area contributed by atoms with E-state index in [1.165, 1.54) is 23.3 Å². The first-order valence-electron chi connectivity index (χ1n) is 8.54. The average molecular weight is 340 g/mol. The molecular formula is C19H20N2O2S. The number of aryl methyl sites for hydroxylation is 2. The fourth-order valence-corrected chi connectivity index (χ4v) is 4.49. The lowest BCUT2D eigenvalue weighted by molar-refractivity contribution is 0.317. The molecule has 0 unspecified atom stereocenters. The number of nitrogens with zero attached hydrogens (tertiary/aromatic N) is 1. The van der Waals surface area contributed by atoms with Gasteiger partial charge in [0.05, 0.1) is 12.0 Å². The van der Waals surface area contributed by atoms with E-state index in [1.807, 2.05) is 24.3 Å². The van der Waals surface area contributed by atoms with Crippen molar-refractivity contribution in [3.63, 3.8) is 0 Å². The van der Waals surface area contributed by atoms with Crippen LogP contribution in [0.1, 0.15) is 36.6 Å². The molecule has 2 aromatic heterocycles. The normalized spacial score (nSPS) is 13.9. The van der Waals surface area contributed by atoms with E-state index >= 15 is 0 Å². The van der Waals surface area contributed by atoms with Crippen molar-refractivity contribution in [1.29, 1.82) is 0 Å². The van der Waals surface area contributed by atoms with Crippen molar-refractivity contribution < 1.29 is 4.74 Å². The van der Waals surface area contributed by atoms with Gasteiger partial charge in [0.1, 0.15) is 16.4 Å². The van der Waals surface area contributed by atoms with Gasteiger partial charge in [0.15, 0.2) is 0 Å². The monoisotopic (exact) mass is 340 g/mol. The van der Waals surface area contributed by atoms with Gasteiger partial charge in [0, 0.05) is 10.4 Å². The van der Waals surface area contributed by atoms with Crippen LogP contribution in [-0.2, 0) is 12.8 Å². The van der Waals surface area contributed by atoms with Crippen molar-refractivity contribution in [2.45, 2.75) is 39.0 Å². The van der Waals surface area contributed by atoms with Crippen LogP contribution in [0, 0.1) is 0 Å². The lowest BCUT2D eigenvalue weighted by Crippen LogP contribution is -2.11. The molecule has 0 radical (unpaired) electrons. The summed E-state index contributed by atoms with van der Waals surface area (Å²) in [6.45, 7) is 2.79. The molecule has 0 aliphatic heterocycles. The zero-order valence-electron chi connectivity index (χ0n) is 13.7. The summed E-state index contributed by atoms with van der Waals surface area (Å²) in [7, 11) is 0. The van der Waals surface area contributed by atoms with Crippen molar-refractivity contribution in [2.24, 2.45) is 0 Å². The van der Waals surface area contributed by atoms with Crippen molar-refractivity contribution in [3.8, 4) is 17.1 Å². The van der Waals surface area contributed by atoms with E-state index in [1.54, 1.807) is 11.3 Å². The summed E-state index contributed by atoms with van der Waals surface area (Å²) in [6.07, 6.45) is 5.44. The third kappa shape index (κ3) is 2.73. The molecule has 2 heterocycles. The molecule has 1 aliphatic carbocycles. The van der Waals surface area contributed by atoms with Gasteiger partial charge in [-0.05, 0) is 61.9 Å². The highest BCUT2D eigenvalue weighted by Crippen LogP contribution is 2.34. The summed E-state index contributed by atoms with van der Waals surface area (Å²) in [4.78, 5) is 22.5. The molecule has 124 valence electrons. The van der Waals surface area contributed by atoms with Gasteiger partial charge in [-0.15, -0.1) is 11.3 Å². The zero-order chi connectivity index (χ0) is 16.5. The van der Waals surface area contributed by atoms with Gasteiger partial charge in [-0.3, -0.25) is 4.79 Å². The number of aromatic nitrogens is 2. The van der Waals surface area contributed by atoms with E-state index in [0.717, 1.165) is 40.8 Å². The first-order chi connectivity index (χ1) is 11.8. The van der Waals surface area contributed by atoms with Gasteiger partial charge in [-0.25, -0.2) is 4.98 Å². The van der Waals surface area contributed by atoms with Crippen LogP contribution < -0.4 is 10.3 Å². The first kappa shape index (κ1) is 15.4. The first-order valence-corrected chi connectivity index (χ1v) is 9.35. The lowest BCUT2D eigenvalue weighted by atomic mass is 9.97. The van der Waals surface area contributed by atoms with Gasteiger partial charge in [0.25, 0.3) is 5.56 Å². The number of thiophene rings is 1. The fourth-order valence-electron chi connectivity index (χ4n) is 3.23. The smallest absolute Gasteiger partial charge is 0.260 e. The second-order valence-electron chi connectivity index (χ2n) is 6.18. The SMILES string of the molecule is CCCOc1ccc(-c2nc3sc4c(c3c(=O)[nH]2)CCCC4)cc1. The van der Waals surface area contributed by atoms with Gasteiger partial charge in [-0.2, -0.15) is 0 Å². The highest BCUT2D eigenvalue weighted by Gasteiger charge is 2.20. The molecule has 1 N–H and O–H groups in total. The summed E-state index contributed by atoms with van der Waals surface area (Å²) < 4.78 is 5.60. The Balaban J connectivity index is 1.73. The third-order valence-corrected chi connectivity index (χ3v) is 5.61. The van der Waals surface area contributed by atoms with Gasteiger partial charge < -0.3 is 9.72 Å². The van der Waals surface area contributed by atoms with E-state index in [4.69, 9.17) is 9.72 Å². The molecule has 0 bridgehead atoms. The summed E-state index contributed by atoms with van der Waals surface area (Å²) in [6, 6.07) is 7.74. The molecule has 0 amide bonds. The molecule has 24 heavy (non-hydrogen) atoms. The quantitative estimate of drug-likeness (QED) is 0.769. The Labute approximate surface area is 144 Å². The minimum Gasteiger partial charge on any atom is -0.494 e. The number of rotatable bonds is 4. The predicted molar refractivity (Wildman–Crippen MR) is 98.1 cm³/mol. The number of H-pyrrole nitrogens is 1. The van der Waals surface area contributed by atoms with Crippen LogP contribution in [0.5, 0.6) is 5.75 Å². The Kier molecular flexibility index (Phi) is 4.10. The third-order valence-electron chi connectivity index (χ3n) is 4.43. The van der Waals surface area contributed by atoms with Crippen molar-refractivity contribution in [2.75, 3.05) is 6.61 Å². The molecule has 1 aromatic carbocycles.